The summed E-state index contributed by atoms with van der Waals surface area (Å²) in [6.45, 7) is 1.42. The number of carboxylic acids is 1. The van der Waals surface area contributed by atoms with Crippen LogP contribution in [0.15, 0.2) is 11.8 Å². The van der Waals surface area contributed by atoms with Gasteiger partial charge in [-0.05, 0) is 13.0 Å². The van der Waals surface area contributed by atoms with Gasteiger partial charge >= 0.3 is 14.6 Å². The first-order valence-corrected chi connectivity index (χ1v) is 3.50. The molecule has 0 aromatic rings. The highest BCUT2D eigenvalue weighted by atomic mass is 31.2. The van der Waals surface area contributed by atoms with Crippen LogP contribution in [0.1, 0.15) is 6.92 Å². The quantitative estimate of drug-likeness (QED) is 0.316. The largest absolute Gasteiger partial charge is 0.475 e. The first-order valence-electron chi connectivity index (χ1n) is 2.33. The monoisotopic (exact) mass is 166 g/mol. The zero-order chi connectivity index (χ0) is 8.15. The molecule has 58 valence electrons. The molecule has 0 aliphatic heterocycles. The number of hydrogen-bond acceptors (Lipinski definition) is 4. The average Bonchev–Trinajstić information content (AvgIpc) is 1.81. The van der Waals surface area contributed by atoms with Gasteiger partial charge in [-0.2, -0.15) is 0 Å². The van der Waals surface area contributed by atoms with Crippen molar-refractivity contribution in [1.29, 1.82) is 0 Å². The number of carboxylic acid groups (broad SMARTS) is 1. The summed E-state index contributed by atoms with van der Waals surface area (Å²) < 4.78 is 4.10. The first-order chi connectivity index (χ1) is 4.57. The Kier molecular flexibility index (Phi) is 3.95. The van der Waals surface area contributed by atoms with E-state index in [1.807, 2.05) is 0 Å². The Bertz CT molecular complexity index is 152. The highest BCUT2D eigenvalue weighted by Crippen LogP contribution is 2.28. The number of allylic oxidation sites excluding steroid dienone is 1. The van der Waals surface area contributed by atoms with E-state index in [4.69, 9.17) is 14.9 Å². The van der Waals surface area contributed by atoms with Crippen LogP contribution in [0.3, 0.4) is 0 Å². The highest BCUT2D eigenvalue weighted by Gasteiger charge is 2.11. The van der Waals surface area contributed by atoms with E-state index in [1.54, 1.807) is 0 Å². The van der Waals surface area contributed by atoms with E-state index < -0.39 is 20.3 Å². The van der Waals surface area contributed by atoms with Gasteiger partial charge in [-0.1, -0.05) is 0 Å². The van der Waals surface area contributed by atoms with Gasteiger partial charge < -0.3 is 19.4 Å². The van der Waals surface area contributed by atoms with Gasteiger partial charge in [-0.3, -0.25) is 0 Å². The number of carbonyl (C=O) groups is 1. The maximum Gasteiger partial charge on any atom is 0.391 e. The molecule has 5 nitrogen and oxygen atoms in total. The molecule has 0 spiro atoms. The van der Waals surface area contributed by atoms with Crippen molar-refractivity contribution in [3.63, 3.8) is 0 Å². The van der Waals surface area contributed by atoms with E-state index in [2.05, 4.69) is 4.52 Å². The molecule has 3 N–H and O–H groups in total. The van der Waals surface area contributed by atoms with Crippen LogP contribution in [0.5, 0.6) is 0 Å². The van der Waals surface area contributed by atoms with Crippen molar-refractivity contribution in [2.45, 2.75) is 6.92 Å². The fourth-order valence-corrected chi connectivity index (χ4v) is 0.663. The van der Waals surface area contributed by atoms with Crippen LogP contribution < -0.4 is 0 Å². The van der Waals surface area contributed by atoms with Crippen LogP contribution in [0, 0.1) is 0 Å². The molecule has 0 saturated heterocycles. The van der Waals surface area contributed by atoms with E-state index in [1.165, 1.54) is 6.92 Å². The van der Waals surface area contributed by atoms with Crippen LogP contribution >= 0.6 is 8.60 Å². The van der Waals surface area contributed by atoms with Crippen LogP contribution in [-0.4, -0.2) is 20.9 Å². The molecule has 0 atom stereocenters. The molecule has 0 heterocycles. The van der Waals surface area contributed by atoms with Crippen LogP contribution in [-0.2, 0) is 9.32 Å². The molecule has 0 unspecified atom stereocenters. The molecule has 0 aliphatic carbocycles. The summed E-state index contributed by atoms with van der Waals surface area (Å²) in [7, 11) is -2.63. The molecule has 0 saturated carbocycles. The number of rotatable bonds is 3. The molecule has 10 heavy (non-hydrogen) atoms. The fraction of sp³-hybridized carbons (Fsp3) is 0.250. The van der Waals surface area contributed by atoms with Crippen molar-refractivity contribution in [3.05, 3.63) is 11.8 Å². The van der Waals surface area contributed by atoms with Gasteiger partial charge in [0.25, 0.3) is 0 Å². The second kappa shape index (κ2) is 4.22. The summed E-state index contributed by atoms with van der Waals surface area (Å²) >= 11 is 0. The fourth-order valence-electron chi connectivity index (χ4n) is 0.303. The Morgan fingerprint density at radius 1 is 1.60 bits per heavy atom. The maximum atomic E-state index is 10.1. The van der Waals surface area contributed by atoms with Gasteiger partial charge in [0, 0.05) is 0 Å². The van der Waals surface area contributed by atoms with Gasteiger partial charge in [-0.15, -0.1) is 0 Å². The van der Waals surface area contributed by atoms with Gasteiger partial charge in [0.15, 0.2) is 0 Å². The molecule has 6 heteroatoms. The minimum absolute atomic E-state index is 0.462. The van der Waals surface area contributed by atoms with Gasteiger partial charge in [-0.25, -0.2) is 4.79 Å². The molecule has 0 bridgehead atoms. The lowest BCUT2D eigenvalue weighted by Crippen LogP contribution is -2.01. The second-order valence-corrected chi connectivity index (χ2v) is 1.99. The first kappa shape index (κ1) is 9.36. The van der Waals surface area contributed by atoms with E-state index in [-0.39, 0.29) is 0 Å². The summed E-state index contributed by atoms with van der Waals surface area (Å²) in [6, 6.07) is 0. The Labute approximate surface area is 58.6 Å². The Morgan fingerprint density at radius 2 is 2.10 bits per heavy atom. The van der Waals surface area contributed by atoms with Crippen molar-refractivity contribution in [3.8, 4) is 0 Å². The van der Waals surface area contributed by atoms with Crippen molar-refractivity contribution in [2.75, 3.05) is 0 Å². The molecule has 0 aromatic heterocycles. The number of hydrogen-bond donors (Lipinski definition) is 3. The zero-order valence-corrected chi connectivity index (χ0v) is 6.08. The van der Waals surface area contributed by atoms with Crippen LogP contribution in [0.4, 0.5) is 0 Å². The van der Waals surface area contributed by atoms with Gasteiger partial charge in [0.2, 0.25) is 5.76 Å². The Morgan fingerprint density at radius 3 is 2.20 bits per heavy atom. The van der Waals surface area contributed by atoms with E-state index in [9.17, 15) is 4.79 Å². The van der Waals surface area contributed by atoms with E-state index in [0.29, 0.717) is 0 Å². The summed E-state index contributed by atoms with van der Waals surface area (Å²) in [6.07, 6.45) is 1.13. The summed E-state index contributed by atoms with van der Waals surface area (Å²) in [4.78, 5) is 26.5. The molecule has 0 amide bonds. The lowest BCUT2D eigenvalue weighted by atomic mass is 10.5. The summed E-state index contributed by atoms with van der Waals surface area (Å²) in [5, 5.41) is 8.22. The van der Waals surface area contributed by atoms with Crippen molar-refractivity contribution < 1.29 is 24.2 Å². The number of aliphatic carboxylic acids is 1. The average molecular weight is 166 g/mol. The Balaban J connectivity index is 3.99. The molecular weight excluding hydrogens is 159 g/mol. The normalized spacial score (nSPS) is 11.8. The van der Waals surface area contributed by atoms with Crippen LogP contribution in [0.2, 0.25) is 0 Å². The lowest BCUT2D eigenvalue weighted by Gasteiger charge is -2.03. The third kappa shape index (κ3) is 3.40. The van der Waals surface area contributed by atoms with Crippen molar-refractivity contribution >= 4 is 14.6 Å². The third-order valence-electron chi connectivity index (χ3n) is 0.653. The van der Waals surface area contributed by atoms with Gasteiger partial charge in [0.1, 0.15) is 0 Å². The third-order valence-corrected chi connectivity index (χ3v) is 1.01. The predicted molar refractivity (Wildman–Crippen MR) is 33.8 cm³/mol. The minimum atomic E-state index is -2.63. The van der Waals surface area contributed by atoms with Crippen molar-refractivity contribution in [1.82, 2.24) is 0 Å². The zero-order valence-electron chi connectivity index (χ0n) is 5.18. The molecule has 0 radical (unpaired) electrons. The van der Waals surface area contributed by atoms with E-state index in [0.717, 1.165) is 6.08 Å². The second-order valence-electron chi connectivity index (χ2n) is 1.30. The highest BCUT2D eigenvalue weighted by molar-refractivity contribution is 7.39. The Hall–Kier alpha value is -0.640. The van der Waals surface area contributed by atoms with Crippen LogP contribution in [0.25, 0.3) is 0 Å². The van der Waals surface area contributed by atoms with Crippen molar-refractivity contribution in [2.24, 2.45) is 0 Å². The molecule has 0 rings (SSSR count). The maximum absolute atomic E-state index is 10.1. The lowest BCUT2D eigenvalue weighted by molar-refractivity contribution is -0.135. The van der Waals surface area contributed by atoms with E-state index >= 15 is 0 Å². The molecule has 0 aliphatic rings. The minimum Gasteiger partial charge on any atom is -0.475 e. The standard InChI is InChI=1S/C4H7O5P/c1-2-3(4(5)6)9-10(7)8/h2,7-8H,1H3,(H,5,6). The summed E-state index contributed by atoms with van der Waals surface area (Å²) in [5.41, 5.74) is 0. The smallest absolute Gasteiger partial charge is 0.391 e. The predicted octanol–water partition coefficient (Wildman–Crippen LogP) is 0.203. The molecule has 0 aromatic carbocycles. The molecule has 0 fully saturated rings. The summed E-state index contributed by atoms with van der Waals surface area (Å²) in [5.74, 6) is -1.78. The topological polar surface area (TPSA) is 87.0 Å². The molecular formula is C4H7O5P. The SMILES string of the molecule is CC=C(OP(O)O)C(=O)O. The van der Waals surface area contributed by atoms with Gasteiger partial charge in [0.05, 0.1) is 0 Å².